The van der Waals surface area contributed by atoms with Gasteiger partial charge in [0.1, 0.15) is 4.90 Å². The van der Waals surface area contributed by atoms with Crippen molar-refractivity contribution in [2.75, 3.05) is 0 Å². The van der Waals surface area contributed by atoms with Crippen LogP contribution in [0, 0.1) is 0 Å². The summed E-state index contributed by atoms with van der Waals surface area (Å²) in [5.74, 6) is 0. The first-order valence-corrected chi connectivity index (χ1v) is 7.90. The molecule has 2 aliphatic rings. The second-order valence-electron chi connectivity index (χ2n) is 4.99. The molecule has 1 aromatic rings. The summed E-state index contributed by atoms with van der Waals surface area (Å²) in [7, 11) is -3.58. The molecule has 0 aliphatic carbocycles. The summed E-state index contributed by atoms with van der Waals surface area (Å²) in [6.45, 7) is 0.101. The quantitative estimate of drug-likeness (QED) is 0.819. The molecule has 0 spiro atoms. The van der Waals surface area contributed by atoms with Crippen molar-refractivity contribution in [2.45, 2.75) is 49.0 Å². The molecule has 2 saturated heterocycles. The molecule has 3 rings (SSSR count). The Balaban J connectivity index is 1.83. The van der Waals surface area contributed by atoms with Crippen molar-refractivity contribution in [2.24, 2.45) is 5.73 Å². The van der Waals surface area contributed by atoms with Crippen LogP contribution in [0.2, 0.25) is 0 Å². The minimum atomic E-state index is -3.58. The summed E-state index contributed by atoms with van der Waals surface area (Å²) >= 11 is 0. The van der Waals surface area contributed by atoms with E-state index in [2.05, 4.69) is 9.71 Å². The Morgan fingerprint density at radius 3 is 2.95 bits per heavy atom. The number of ether oxygens (including phenoxy) is 1. The van der Waals surface area contributed by atoms with Gasteiger partial charge in [0, 0.05) is 12.7 Å². The molecule has 7 heteroatoms. The summed E-state index contributed by atoms with van der Waals surface area (Å²) in [6, 6.07) is 3.01. The molecule has 6 nitrogen and oxygen atoms in total. The largest absolute Gasteiger partial charge is 0.373 e. The molecule has 1 aromatic heterocycles. The summed E-state index contributed by atoms with van der Waals surface area (Å²) < 4.78 is 33.1. The van der Waals surface area contributed by atoms with Crippen molar-refractivity contribution in [1.82, 2.24) is 9.71 Å². The van der Waals surface area contributed by atoms with Crippen LogP contribution < -0.4 is 10.5 Å². The summed E-state index contributed by atoms with van der Waals surface area (Å²) in [6.07, 6.45) is 4.47. The summed E-state index contributed by atoms with van der Waals surface area (Å²) in [4.78, 5) is 4.18. The molecule has 3 unspecified atom stereocenters. The fourth-order valence-corrected chi connectivity index (χ4v) is 4.32. The second kappa shape index (κ2) is 4.82. The maximum atomic E-state index is 12.4. The third kappa shape index (κ3) is 2.38. The van der Waals surface area contributed by atoms with Gasteiger partial charge in [0.05, 0.1) is 23.9 Å². The molecule has 3 atom stereocenters. The van der Waals surface area contributed by atoms with Gasteiger partial charge in [-0.25, -0.2) is 13.1 Å². The van der Waals surface area contributed by atoms with Crippen LogP contribution in [0.25, 0.3) is 0 Å². The lowest BCUT2D eigenvalue weighted by Crippen LogP contribution is -2.41. The minimum absolute atomic E-state index is 0.0118. The minimum Gasteiger partial charge on any atom is -0.373 e. The first-order chi connectivity index (χ1) is 9.10. The lowest BCUT2D eigenvalue weighted by Gasteiger charge is -2.20. The van der Waals surface area contributed by atoms with Gasteiger partial charge >= 0.3 is 0 Å². The van der Waals surface area contributed by atoms with Crippen molar-refractivity contribution in [1.29, 1.82) is 0 Å². The van der Waals surface area contributed by atoms with E-state index >= 15 is 0 Å². The molecule has 19 heavy (non-hydrogen) atoms. The van der Waals surface area contributed by atoms with Crippen molar-refractivity contribution in [3.8, 4) is 0 Å². The Morgan fingerprint density at radius 2 is 2.32 bits per heavy atom. The molecular weight excluding hydrogens is 266 g/mol. The molecule has 2 aliphatic heterocycles. The Hall–Kier alpha value is -1.02. The Labute approximate surface area is 112 Å². The van der Waals surface area contributed by atoms with E-state index < -0.39 is 10.0 Å². The maximum Gasteiger partial charge on any atom is 0.242 e. The number of nitrogens with two attached hydrogens (primary N) is 1. The van der Waals surface area contributed by atoms with E-state index in [1.54, 1.807) is 12.3 Å². The zero-order valence-electron chi connectivity index (χ0n) is 10.5. The van der Waals surface area contributed by atoms with E-state index in [4.69, 9.17) is 10.5 Å². The predicted molar refractivity (Wildman–Crippen MR) is 68.7 cm³/mol. The lowest BCUT2D eigenvalue weighted by atomic mass is 9.96. The van der Waals surface area contributed by atoms with Gasteiger partial charge in [-0.15, -0.1) is 0 Å². The number of pyridine rings is 1. The van der Waals surface area contributed by atoms with E-state index in [1.807, 2.05) is 0 Å². The molecule has 104 valence electrons. The van der Waals surface area contributed by atoms with E-state index in [-0.39, 0.29) is 29.7 Å². The third-order valence-electron chi connectivity index (χ3n) is 3.74. The van der Waals surface area contributed by atoms with Gasteiger partial charge in [-0.1, -0.05) is 0 Å². The number of hydrogen-bond acceptors (Lipinski definition) is 5. The van der Waals surface area contributed by atoms with Crippen LogP contribution in [0.1, 0.15) is 25.0 Å². The van der Waals surface area contributed by atoms with Gasteiger partial charge in [-0.2, -0.15) is 0 Å². The molecule has 0 aromatic carbocycles. The van der Waals surface area contributed by atoms with Crippen molar-refractivity contribution >= 4 is 10.0 Å². The maximum absolute atomic E-state index is 12.4. The molecule has 3 N–H and O–H groups in total. The number of fused-ring (bicyclic) bond motifs is 2. The zero-order valence-corrected chi connectivity index (χ0v) is 11.3. The summed E-state index contributed by atoms with van der Waals surface area (Å²) in [5.41, 5.74) is 5.92. The summed E-state index contributed by atoms with van der Waals surface area (Å²) in [5, 5.41) is 0. The highest BCUT2D eigenvalue weighted by atomic mass is 32.2. The van der Waals surface area contributed by atoms with E-state index in [1.165, 1.54) is 6.07 Å². The van der Waals surface area contributed by atoms with Crippen molar-refractivity contribution in [3.05, 3.63) is 24.0 Å². The number of aromatic nitrogens is 1. The molecule has 0 saturated carbocycles. The first-order valence-electron chi connectivity index (χ1n) is 6.42. The zero-order chi connectivity index (χ0) is 13.5. The van der Waals surface area contributed by atoms with Crippen LogP contribution in [0.5, 0.6) is 0 Å². The topological polar surface area (TPSA) is 94.3 Å². The van der Waals surface area contributed by atoms with Crippen molar-refractivity contribution < 1.29 is 13.2 Å². The average molecular weight is 283 g/mol. The van der Waals surface area contributed by atoms with Crippen LogP contribution >= 0.6 is 0 Å². The fraction of sp³-hybridized carbons (Fsp3) is 0.583. The SMILES string of the molecule is NCc1ncccc1S(=O)(=O)NC1CC2CCC1O2. The highest BCUT2D eigenvalue weighted by Crippen LogP contribution is 2.35. The van der Waals surface area contributed by atoms with Crippen LogP contribution in [0.15, 0.2) is 23.2 Å². The van der Waals surface area contributed by atoms with Gasteiger partial charge < -0.3 is 10.5 Å². The van der Waals surface area contributed by atoms with Crippen LogP contribution in [-0.4, -0.2) is 31.7 Å². The number of nitrogens with one attached hydrogen (secondary N) is 1. The van der Waals surface area contributed by atoms with Crippen LogP contribution in [-0.2, 0) is 21.3 Å². The molecule has 2 bridgehead atoms. The average Bonchev–Trinajstić information content (AvgIpc) is 3.00. The highest BCUT2D eigenvalue weighted by Gasteiger charge is 2.42. The standard InChI is InChI=1S/C12H17N3O3S/c13-7-10-12(2-1-5-14-10)19(16,17)15-9-6-8-3-4-11(9)18-8/h1-2,5,8-9,11,15H,3-4,6-7,13H2. The predicted octanol–water partition coefficient (Wildman–Crippen LogP) is 0.139. The third-order valence-corrected chi connectivity index (χ3v) is 5.31. The number of nitrogens with zero attached hydrogens (tertiary/aromatic N) is 1. The van der Waals surface area contributed by atoms with Gasteiger partial charge in [-0.3, -0.25) is 4.98 Å². The molecule has 0 radical (unpaired) electrons. The highest BCUT2D eigenvalue weighted by molar-refractivity contribution is 7.89. The monoisotopic (exact) mass is 283 g/mol. The number of sulfonamides is 1. The van der Waals surface area contributed by atoms with Gasteiger partial charge in [0.2, 0.25) is 10.0 Å². The Morgan fingerprint density at radius 1 is 1.47 bits per heavy atom. The van der Waals surface area contributed by atoms with E-state index in [9.17, 15) is 8.42 Å². The van der Waals surface area contributed by atoms with Crippen molar-refractivity contribution in [3.63, 3.8) is 0 Å². The first kappa shape index (κ1) is 13.0. The molecule has 2 fully saturated rings. The van der Waals surface area contributed by atoms with E-state index in [0.717, 1.165) is 19.3 Å². The van der Waals surface area contributed by atoms with Gasteiger partial charge in [0.25, 0.3) is 0 Å². The molecular formula is C12H17N3O3S. The Bertz CT molecular complexity index is 575. The number of hydrogen-bond donors (Lipinski definition) is 2. The smallest absolute Gasteiger partial charge is 0.242 e. The van der Waals surface area contributed by atoms with Gasteiger partial charge in [0.15, 0.2) is 0 Å². The normalized spacial score (nSPS) is 29.8. The van der Waals surface area contributed by atoms with E-state index in [0.29, 0.717) is 5.69 Å². The van der Waals surface area contributed by atoms with Crippen LogP contribution in [0.3, 0.4) is 0 Å². The number of rotatable bonds is 4. The fourth-order valence-electron chi connectivity index (χ4n) is 2.85. The lowest BCUT2D eigenvalue weighted by molar-refractivity contribution is 0.0996. The Kier molecular flexibility index (Phi) is 3.30. The molecule has 0 amide bonds. The van der Waals surface area contributed by atoms with Crippen LogP contribution in [0.4, 0.5) is 0 Å². The molecule has 3 heterocycles. The van der Waals surface area contributed by atoms with Gasteiger partial charge in [-0.05, 0) is 31.4 Å². The second-order valence-corrected chi connectivity index (χ2v) is 6.67.